The van der Waals surface area contributed by atoms with Gasteiger partial charge in [-0.3, -0.25) is 4.79 Å². The van der Waals surface area contributed by atoms with Crippen molar-refractivity contribution in [3.63, 3.8) is 0 Å². The Morgan fingerprint density at radius 2 is 2.22 bits per heavy atom. The minimum absolute atomic E-state index is 0.0287. The molecule has 124 valence electrons. The molecule has 7 heteroatoms. The van der Waals surface area contributed by atoms with Gasteiger partial charge in [0.2, 0.25) is 5.91 Å². The van der Waals surface area contributed by atoms with E-state index >= 15 is 0 Å². The number of amides is 1. The van der Waals surface area contributed by atoms with Crippen LogP contribution in [0.3, 0.4) is 0 Å². The number of unbranched alkanes of at least 4 members (excludes halogenated alkanes) is 1. The molecule has 3 nitrogen and oxygen atoms in total. The molecule has 2 rings (SSSR count). The molecule has 0 aliphatic heterocycles. The number of nitrogens with zero attached hydrogens (tertiary/aromatic N) is 1. The van der Waals surface area contributed by atoms with Gasteiger partial charge < -0.3 is 5.32 Å². The lowest BCUT2D eigenvalue weighted by Gasteiger charge is -2.03. The Kier molecular flexibility index (Phi) is 7.70. The molecule has 23 heavy (non-hydrogen) atoms. The van der Waals surface area contributed by atoms with Crippen LogP contribution in [0.2, 0.25) is 10.0 Å². The second-order valence-corrected chi connectivity index (χ2v) is 7.93. The van der Waals surface area contributed by atoms with Crippen LogP contribution < -0.4 is 5.32 Å². The number of aromatic nitrogens is 1. The minimum Gasteiger partial charge on any atom is -0.356 e. The van der Waals surface area contributed by atoms with Crippen LogP contribution in [0.1, 0.15) is 31.0 Å². The van der Waals surface area contributed by atoms with Crippen molar-refractivity contribution < 1.29 is 4.79 Å². The van der Waals surface area contributed by atoms with Crippen LogP contribution in [0.25, 0.3) is 0 Å². The Morgan fingerprint density at radius 3 is 2.96 bits per heavy atom. The smallest absolute Gasteiger partial charge is 0.226 e. The van der Waals surface area contributed by atoms with Crippen molar-refractivity contribution in [2.75, 3.05) is 6.54 Å². The summed E-state index contributed by atoms with van der Waals surface area (Å²) >= 11 is 15.2. The lowest BCUT2D eigenvalue weighted by atomic mass is 10.2. The first-order chi connectivity index (χ1) is 11.1. The van der Waals surface area contributed by atoms with E-state index in [1.165, 1.54) is 0 Å². The molecule has 0 saturated heterocycles. The molecule has 0 radical (unpaired) electrons. The van der Waals surface area contributed by atoms with E-state index in [1.54, 1.807) is 29.2 Å². The summed E-state index contributed by atoms with van der Waals surface area (Å²) in [6, 6.07) is 5.50. The maximum Gasteiger partial charge on any atom is 0.226 e. The lowest BCUT2D eigenvalue weighted by Crippen LogP contribution is -2.26. The lowest BCUT2D eigenvalue weighted by molar-refractivity contribution is -0.120. The monoisotopic (exact) mass is 388 g/mol. The van der Waals surface area contributed by atoms with E-state index in [2.05, 4.69) is 17.2 Å². The Morgan fingerprint density at radius 1 is 1.39 bits per heavy atom. The molecule has 0 fully saturated rings. The Bertz CT molecular complexity index is 661. The molecule has 1 aromatic carbocycles. The molecule has 1 amide bonds. The van der Waals surface area contributed by atoms with E-state index in [-0.39, 0.29) is 5.91 Å². The van der Waals surface area contributed by atoms with Gasteiger partial charge in [0, 0.05) is 27.7 Å². The number of benzene rings is 1. The summed E-state index contributed by atoms with van der Waals surface area (Å²) in [7, 11) is 0. The third-order valence-corrected chi connectivity index (χ3v) is 5.80. The van der Waals surface area contributed by atoms with Gasteiger partial charge in [0.1, 0.15) is 4.34 Å². The molecule has 0 aliphatic carbocycles. The molecule has 1 aromatic heterocycles. The zero-order chi connectivity index (χ0) is 16.7. The molecule has 0 aliphatic rings. The van der Waals surface area contributed by atoms with Crippen LogP contribution >= 0.6 is 46.3 Å². The molecule has 1 heterocycles. The van der Waals surface area contributed by atoms with Crippen molar-refractivity contribution in [3.05, 3.63) is 44.9 Å². The van der Waals surface area contributed by atoms with Crippen molar-refractivity contribution >= 4 is 52.2 Å². The summed E-state index contributed by atoms with van der Waals surface area (Å²) in [4.78, 5) is 16.3. The average Bonchev–Trinajstić information content (AvgIpc) is 2.94. The SMILES string of the molecule is CCCCNC(=O)Cc1csc(SCc2ccc(Cl)cc2Cl)n1. The van der Waals surface area contributed by atoms with Crippen LogP contribution in [-0.4, -0.2) is 17.4 Å². The fraction of sp³-hybridized carbons (Fsp3) is 0.375. The number of nitrogens with one attached hydrogen (secondary N) is 1. The quantitative estimate of drug-likeness (QED) is 0.498. The molecule has 0 bridgehead atoms. The molecule has 2 aromatic rings. The molecule has 0 spiro atoms. The van der Waals surface area contributed by atoms with Gasteiger partial charge in [0.15, 0.2) is 0 Å². The summed E-state index contributed by atoms with van der Waals surface area (Å²) < 4.78 is 0.937. The molecular weight excluding hydrogens is 371 g/mol. The highest BCUT2D eigenvalue weighted by Crippen LogP contribution is 2.30. The first-order valence-corrected chi connectivity index (χ1v) is 9.98. The summed E-state index contributed by atoms with van der Waals surface area (Å²) in [5.74, 6) is 0.757. The summed E-state index contributed by atoms with van der Waals surface area (Å²) in [5, 5.41) is 6.13. The van der Waals surface area contributed by atoms with Crippen molar-refractivity contribution in [2.24, 2.45) is 0 Å². The normalized spacial score (nSPS) is 10.7. The number of thiazole rings is 1. The molecule has 0 atom stereocenters. The molecule has 0 saturated carbocycles. The van der Waals surface area contributed by atoms with Gasteiger partial charge >= 0.3 is 0 Å². The molecular formula is C16H18Cl2N2OS2. The standard InChI is InChI=1S/C16H18Cl2N2OS2/c1-2-3-6-19-15(21)8-13-10-23-16(20-13)22-9-11-4-5-12(17)7-14(11)18/h4-5,7,10H,2-3,6,8-9H2,1H3,(H,19,21). The largest absolute Gasteiger partial charge is 0.356 e. The van der Waals surface area contributed by atoms with E-state index in [4.69, 9.17) is 23.2 Å². The van der Waals surface area contributed by atoms with Gasteiger partial charge in [-0.15, -0.1) is 11.3 Å². The van der Waals surface area contributed by atoms with Gasteiger partial charge in [0.05, 0.1) is 12.1 Å². The number of carbonyl (C=O) groups is 1. The van der Waals surface area contributed by atoms with Gasteiger partial charge in [-0.1, -0.05) is 54.4 Å². The van der Waals surface area contributed by atoms with E-state index < -0.39 is 0 Å². The number of carbonyl (C=O) groups excluding carboxylic acids is 1. The number of hydrogen-bond donors (Lipinski definition) is 1. The Labute approximate surface area is 154 Å². The van der Waals surface area contributed by atoms with Crippen LogP contribution in [0, 0.1) is 0 Å². The second-order valence-electron chi connectivity index (χ2n) is 5.01. The fourth-order valence-electron chi connectivity index (χ4n) is 1.85. The van der Waals surface area contributed by atoms with E-state index in [1.807, 2.05) is 17.5 Å². The zero-order valence-corrected chi connectivity index (χ0v) is 15.9. The maximum atomic E-state index is 11.8. The summed E-state index contributed by atoms with van der Waals surface area (Å²) in [6.07, 6.45) is 2.42. The van der Waals surface area contributed by atoms with Crippen molar-refractivity contribution in [2.45, 2.75) is 36.3 Å². The number of halogens is 2. The summed E-state index contributed by atoms with van der Waals surface area (Å²) in [6.45, 7) is 2.83. The van der Waals surface area contributed by atoms with Gasteiger partial charge in [-0.2, -0.15) is 0 Å². The Hall–Kier alpha value is -0.750. The number of hydrogen-bond acceptors (Lipinski definition) is 4. The highest BCUT2D eigenvalue weighted by Gasteiger charge is 2.09. The predicted molar refractivity (Wildman–Crippen MR) is 99.8 cm³/mol. The number of rotatable bonds is 8. The fourth-order valence-corrected chi connectivity index (χ4v) is 4.25. The van der Waals surface area contributed by atoms with Crippen LogP contribution in [0.4, 0.5) is 0 Å². The molecule has 1 N–H and O–H groups in total. The van der Waals surface area contributed by atoms with Crippen LogP contribution in [0.5, 0.6) is 0 Å². The second kappa shape index (κ2) is 9.52. The van der Waals surface area contributed by atoms with Crippen LogP contribution in [-0.2, 0) is 17.0 Å². The van der Waals surface area contributed by atoms with Crippen LogP contribution in [0.15, 0.2) is 27.9 Å². The number of thioether (sulfide) groups is 1. The van der Waals surface area contributed by atoms with Gasteiger partial charge in [-0.25, -0.2) is 4.98 Å². The Balaban J connectivity index is 1.83. The zero-order valence-electron chi connectivity index (χ0n) is 12.8. The van der Waals surface area contributed by atoms with Crippen molar-refractivity contribution in [3.8, 4) is 0 Å². The first-order valence-electron chi connectivity index (χ1n) is 7.36. The third kappa shape index (κ3) is 6.34. The van der Waals surface area contributed by atoms with Gasteiger partial charge in [0.25, 0.3) is 0 Å². The maximum absolute atomic E-state index is 11.8. The predicted octanol–water partition coefficient (Wildman–Crippen LogP) is 5.20. The summed E-state index contributed by atoms with van der Waals surface area (Å²) in [5.41, 5.74) is 1.84. The van der Waals surface area contributed by atoms with E-state index in [0.29, 0.717) is 16.5 Å². The topological polar surface area (TPSA) is 42.0 Å². The van der Waals surface area contributed by atoms with Crippen molar-refractivity contribution in [1.29, 1.82) is 0 Å². The average molecular weight is 389 g/mol. The van der Waals surface area contributed by atoms with Gasteiger partial charge in [-0.05, 0) is 24.1 Å². The first kappa shape index (κ1) is 18.6. The van der Waals surface area contributed by atoms with Crippen molar-refractivity contribution in [1.82, 2.24) is 10.3 Å². The minimum atomic E-state index is 0.0287. The molecule has 0 unspecified atom stereocenters. The highest BCUT2D eigenvalue weighted by atomic mass is 35.5. The highest BCUT2D eigenvalue weighted by molar-refractivity contribution is 8.00. The van der Waals surface area contributed by atoms with E-state index in [9.17, 15) is 4.79 Å². The third-order valence-electron chi connectivity index (χ3n) is 3.09. The van der Waals surface area contributed by atoms with E-state index in [0.717, 1.165) is 40.7 Å².